The van der Waals surface area contributed by atoms with E-state index < -0.39 is 0 Å². The molecule has 0 aromatic heterocycles. The lowest BCUT2D eigenvalue weighted by Crippen LogP contribution is -2.54. The fraction of sp³-hybridized carbons (Fsp3) is 0.619. The number of fused-ring (bicyclic) bond motifs is 5. The van der Waals surface area contributed by atoms with Crippen molar-refractivity contribution in [1.29, 1.82) is 0 Å². The number of carbonyl (C=O) groups is 2. The second kappa shape index (κ2) is 4.78. The minimum absolute atomic E-state index is 0.0634. The van der Waals surface area contributed by atoms with Crippen LogP contribution >= 0.6 is 0 Å². The molecular weight excluding hydrogens is 284 g/mol. The van der Waals surface area contributed by atoms with Crippen LogP contribution in [0.1, 0.15) is 46.0 Å². The Hall–Kier alpha value is -1.44. The summed E-state index contributed by atoms with van der Waals surface area (Å²) in [5.41, 5.74) is 1.05. The molecule has 0 aliphatic heterocycles. The van der Waals surface area contributed by atoms with Crippen molar-refractivity contribution in [2.45, 2.75) is 46.0 Å². The highest BCUT2D eigenvalue weighted by molar-refractivity contribution is 6.01. The summed E-state index contributed by atoms with van der Waals surface area (Å²) >= 11 is 0. The third-order valence-corrected chi connectivity index (χ3v) is 7.61. The quantitative estimate of drug-likeness (QED) is 0.678. The molecule has 0 saturated heterocycles. The van der Waals surface area contributed by atoms with Gasteiger partial charge >= 0.3 is 0 Å². The van der Waals surface area contributed by atoms with Gasteiger partial charge < -0.3 is 0 Å². The molecule has 0 N–H and O–H groups in total. The van der Waals surface area contributed by atoms with Crippen LogP contribution < -0.4 is 0 Å². The van der Waals surface area contributed by atoms with E-state index in [1.54, 1.807) is 12.2 Å². The Labute approximate surface area is 138 Å². The maximum Gasteiger partial charge on any atom is 0.178 e. The highest BCUT2D eigenvalue weighted by atomic mass is 16.1. The van der Waals surface area contributed by atoms with E-state index in [1.165, 1.54) is 18.4 Å². The summed E-state index contributed by atoms with van der Waals surface area (Å²) in [5.74, 6) is 2.12. The zero-order chi connectivity index (χ0) is 16.4. The van der Waals surface area contributed by atoms with Crippen LogP contribution in [-0.4, -0.2) is 11.6 Å². The molecule has 0 aromatic carbocycles. The van der Waals surface area contributed by atoms with Gasteiger partial charge in [0.05, 0.1) is 0 Å². The van der Waals surface area contributed by atoms with Crippen LogP contribution in [0.5, 0.6) is 0 Å². The number of hydrogen-bond donors (Lipinski definition) is 0. The van der Waals surface area contributed by atoms with Gasteiger partial charge in [0, 0.05) is 17.8 Å². The van der Waals surface area contributed by atoms with Crippen molar-refractivity contribution in [2.24, 2.45) is 34.5 Å². The maximum atomic E-state index is 13.2. The molecule has 6 atom stereocenters. The van der Waals surface area contributed by atoms with Gasteiger partial charge in [-0.3, -0.25) is 9.59 Å². The number of rotatable bonds is 1. The largest absolute Gasteiger partial charge is 0.299 e. The molecular formula is C21H26O2. The van der Waals surface area contributed by atoms with Crippen molar-refractivity contribution in [3.63, 3.8) is 0 Å². The summed E-state index contributed by atoms with van der Waals surface area (Å²) in [6, 6.07) is 0. The molecule has 23 heavy (non-hydrogen) atoms. The number of carbonyl (C=O) groups excluding carboxylic acids is 2. The van der Waals surface area contributed by atoms with Gasteiger partial charge in [-0.05, 0) is 61.0 Å². The SMILES string of the molecule is C=C[C@H]1CC[C@H]2[C@@H]3CCC4=CC(=O)C=C[C@]4(C)[C@H]3C(=O)C[C@]12C. The average molecular weight is 310 g/mol. The Morgan fingerprint density at radius 3 is 2.74 bits per heavy atom. The second-order valence-electron chi connectivity index (χ2n) is 8.54. The van der Waals surface area contributed by atoms with E-state index in [2.05, 4.69) is 26.5 Å². The molecule has 0 amide bonds. The number of hydrogen-bond acceptors (Lipinski definition) is 2. The molecule has 4 aliphatic rings. The molecule has 3 saturated carbocycles. The monoisotopic (exact) mass is 310 g/mol. The molecule has 2 heteroatoms. The van der Waals surface area contributed by atoms with Crippen LogP contribution in [0.25, 0.3) is 0 Å². The molecule has 2 nitrogen and oxygen atoms in total. The molecule has 0 bridgehead atoms. The van der Waals surface area contributed by atoms with Crippen molar-refractivity contribution < 1.29 is 9.59 Å². The third kappa shape index (κ3) is 1.87. The van der Waals surface area contributed by atoms with Crippen LogP contribution in [0, 0.1) is 34.5 Å². The summed E-state index contributed by atoms with van der Waals surface area (Å²) in [5, 5.41) is 0. The van der Waals surface area contributed by atoms with E-state index in [1.807, 2.05) is 6.08 Å². The minimum atomic E-state index is -0.235. The van der Waals surface area contributed by atoms with Gasteiger partial charge in [0.1, 0.15) is 5.78 Å². The fourth-order valence-corrected chi connectivity index (χ4v) is 6.45. The van der Waals surface area contributed by atoms with Crippen molar-refractivity contribution >= 4 is 11.6 Å². The van der Waals surface area contributed by atoms with E-state index in [0.29, 0.717) is 30.0 Å². The summed E-state index contributed by atoms with van der Waals surface area (Å²) in [6.07, 6.45) is 12.7. The van der Waals surface area contributed by atoms with Crippen LogP contribution in [0.2, 0.25) is 0 Å². The van der Waals surface area contributed by atoms with E-state index in [4.69, 9.17) is 0 Å². The molecule has 122 valence electrons. The lowest BCUT2D eigenvalue weighted by Gasteiger charge is -2.55. The lowest BCUT2D eigenvalue weighted by molar-refractivity contribution is -0.142. The molecule has 0 heterocycles. The number of ketones is 2. The Bertz CT molecular complexity index is 655. The lowest BCUT2D eigenvalue weighted by atomic mass is 9.47. The van der Waals surface area contributed by atoms with E-state index in [0.717, 1.165) is 12.8 Å². The van der Waals surface area contributed by atoms with Crippen molar-refractivity contribution in [3.05, 3.63) is 36.5 Å². The Kier molecular flexibility index (Phi) is 3.14. The van der Waals surface area contributed by atoms with Gasteiger partial charge in [-0.25, -0.2) is 0 Å². The Morgan fingerprint density at radius 2 is 2.00 bits per heavy atom. The molecule has 0 unspecified atom stereocenters. The van der Waals surface area contributed by atoms with Gasteiger partial charge in [0.2, 0.25) is 0 Å². The van der Waals surface area contributed by atoms with Gasteiger partial charge in [-0.15, -0.1) is 6.58 Å². The van der Waals surface area contributed by atoms with E-state index in [9.17, 15) is 9.59 Å². The first kappa shape index (κ1) is 15.1. The standard InChI is InChI=1S/C21H26O2/c1-4-13-6-8-17-16-7-5-14-11-15(22)9-10-20(14,2)19(16)18(23)12-21(13,17)3/h4,9-11,13,16-17,19H,1,5-8,12H2,2-3H3/t13-,16-,17-,19+,20-,21+/m0/s1. The van der Waals surface area contributed by atoms with Gasteiger partial charge in [0.15, 0.2) is 5.78 Å². The highest BCUT2D eigenvalue weighted by Crippen LogP contribution is 2.64. The van der Waals surface area contributed by atoms with E-state index >= 15 is 0 Å². The molecule has 0 aromatic rings. The first-order valence-electron chi connectivity index (χ1n) is 8.99. The zero-order valence-electron chi connectivity index (χ0n) is 14.2. The zero-order valence-corrected chi connectivity index (χ0v) is 14.2. The third-order valence-electron chi connectivity index (χ3n) is 7.61. The van der Waals surface area contributed by atoms with Crippen molar-refractivity contribution in [2.75, 3.05) is 0 Å². The number of allylic oxidation sites excluding steroid dienone is 5. The molecule has 4 rings (SSSR count). The van der Waals surface area contributed by atoms with E-state index in [-0.39, 0.29) is 22.5 Å². The predicted octanol–water partition coefficient (Wildman–Crippen LogP) is 4.28. The van der Waals surface area contributed by atoms with Crippen molar-refractivity contribution in [1.82, 2.24) is 0 Å². The Balaban J connectivity index is 1.76. The Morgan fingerprint density at radius 1 is 1.22 bits per heavy atom. The first-order valence-corrected chi connectivity index (χ1v) is 8.99. The molecule has 0 radical (unpaired) electrons. The summed E-state index contributed by atoms with van der Waals surface area (Å²) < 4.78 is 0. The molecule has 0 spiro atoms. The van der Waals surface area contributed by atoms with Crippen LogP contribution in [-0.2, 0) is 9.59 Å². The van der Waals surface area contributed by atoms with Crippen molar-refractivity contribution in [3.8, 4) is 0 Å². The highest BCUT2D eigenvalue weighted by Gasteiger charge is 2.61. The summed E-state index contributed by atoms with van der Waals surface area (Å²) in [6.45, 7) is 8.52. The second-order valence-corrected chi connectivity index (χ2v) is 8.54. The molecule has 4 aliphatic carbocycles. The average Bonchev–Trinajstić information content (AvgIpc) is 2.83. The smallest absolute Gasteiger partial charge is 0.178 e. The van der Waals surface area contributed by atoms with Crippen LogP contribution in [0.3, 0.4) is 0 Å². The maximum absolute atomic E-state index is 13.2. The molecule has 3 fully saturated rings. The summed E-state index contributed by atoms with van der Waals surface area (Å²) in [4.78, 5) is 25.0. The normalized spacial score (nSPS) is 48.3. The minimum Gasteiger partial charge on any atom is -0.299 e. The fourth-order valence-electron chi connectivity index (χ4n) is 6.45. The predicted molar refractivity (Wildman–Crippen MR) is 90.7 cm³/mol. The van der Waals surface area contributed by atoms with Gasteiger partial charge in [-0.2, -0.15) is 0 Å². The van der Waals surface area contributed by atoms with Gasteiger partial charge in [-0.1, -0.05) is 31.6 Å². The first-order chi connectivity index (χ1) is 10.9. The number of Topliss-reactive ketones (excluding diaryl/α,β-unsaturated/α-hetero) is 1. The van der Waals surface area contributed by atoms with Crippen LogP contribution in [0.15, 0.2) is 36.5 Å². The summed E-state index contributed by atoms with van der Waals surface area (Å²) in [7, 11) is 0. The van der Waals surface area contributed by atoms with Crippen LogP contribution in [0.4, 0.5) is 0 Å². The topological polar surface area (TPSA) is 34.1 Å². The van der Waals surface area contributed by atoms with Gasteiger partial charge in [0.25, 0.3) is 0 Å².